The normalized spacial score (nSPS) is 19.8. The van der Waals surface area contributed by atoms with E-state index in [1.807, 2.05) is 20.8 Å². The van der Waals surface area contributed by atoms with E-state index < -0.39 is 5.60 Å². The molecule has 0 spiro atoms. The summed E-state index contributed by atoms with van der Waals surface area (Å²) in [5, 5.41) is 2.84. The number of nitrogens with one attached hydrogen (secondary N) is 1. The highest BCUT2D eigenvalue weighted by Crippen LogP contribution is 2.36. The fourth-order valence-corrected chi connectivity index (χ4v) is 2.22. The first-order valence-corrected chi connectivity index (χ1v) is 6.91. The van der Waals surface area contributed by atoms with Gasteiger partial charge in [0.2, 0.25) is 0 Å². The predicted molar refractivity (Wildman–Crippen MR) is 73.4 cm³/mol. The molecule has 1 fully saturated rings. The lowest BCUT2D eigenvalue weighted by Gasteiger charge is -2.36. The van der Waals surface area contributed by atoms with E-state index in [0.29, 0.717) is 13.1 Å². The summed E-state index contributed by atoms with van der Waals surface area (Å²) in [6.07, 6.45) is 4.70. The number of carbonyl (C=O) groups is 1. The molecule has 1 saturated carbocycles. The molecule has 0 saturated heterocycles. The van der Waals surface area contributed by atoms with Gasteiger partial charge < -0.3 is 15.8 Å². The number of rotatable bonds is 5. The van der Waals surface area contributed by atoms with Gasteiger partial charge in [-0.05, 0) is 45.1 Å². The van der Waals surface area contributed by atoms with E-state index in [1.54, 1.807) is 0 Å². The molecule has 1 aliphatic carbocycles. The molecule has 0 aliphatic heterocycles. The lowest BCUT2D eigenvalue weighted by atomic mass is 9.72. The van der Waals surface area contributed by atoms with Crippen LogP contribution < -0.4 is 11.1 Å². The van der Waals surface area contributed by atoms with Crippen LogP contribution in [0.1, 0.15) is 53.4 Å². The third kappa shape index (κ3) is 5.25. The van der Waals surface area contributed by atoms with Crippen LogP contribution in [0.15, 0.2) is 0 Å². The number of ether oxygens (including phenoxy) is 1. The predicted octanol–water partition coefficient (Wildman–Crippen LogP) is 2.67. The minimum atomic E-state index is -0.447. The van der Waals surface area contributed by atoms with Gasteiger partial charge in [0.05, 0.1) is 0 Å². The van der Waals surface area contributed by atoms with Crippen molar-refractivity contribution in [1.29, 1.82) is 0 Å². The topological polar surface area (TPSA) is 64.3 Å². The van der Waals surface area contributed by atoms with Gasteiger partial charge >= 0.3 is 6.09 Å². The summed E-state index contributed by atoms with van der Waals surface area (Å²) in [4.78, 5) is 11.6. The molecule has 18 heavy (non-hydrogen) atoms. The van der Waals surface area contributed by atoms with Crippen molar-refractivity contribution in [3.8, 4) is 0 Å². The average molecular weight is 256 g/mol. The molecular formula is C14H28N2O2. The summed E-state index contributed by atoms with van der Waals surface area (Å²) >= 11 is 0. The summed E-state index contributed by atoms with van der Waals surface area (Å²) < 4.78 is 5.23. The largest absolute Gasteiger partial charge is 0.444 e. The fourth-order valence-electron chi connectivity index (χ4n) is 2.22. The van der Waals surface area contributed by atoms with Crippen LogP contribution in [0.25, 0.3) is 0 Å². The molecule has 0 aromatic rings. The quantitative estimate of drug-likeness (QED) is 0.795. The summed E-state index contributed by atoms with van der Waals surface area (Å²) in [6, 6.07) is 0. The third-order valence-corrected chi connectivity index (χ3v) is 3.56. The Morgan fingerprint density at radius 1 is 1.33 bits per heavy atom. The SMILES string of the molecule is CC(CN)(CNC(=O)OC(C)(C)C)CC1CCC1. The van der Waals surface area contributed by atoms with Crippen LogP contribution in [0, 0.1) is 11.3 Å². The van der Waals surface area contributed by atoms with Crippen LogP contribution in [0.3, 0.4) is 0 Å². The van der Waals surface area contributed by atoms with Crippen molar-refractivity contribution in [3.05, 3.63) is 0 Å². The summed E-state index contributed by atoms with van der Waals surface area (Å²) in [5.74, 6) is 0.791. The highest BCUT2D eigenvalue weighted by Gasteiger charge is 2.30. The smallest absolute Gasteiger partial charge is 0.407 e. The molecule has 0 radical (unpaired) electrons. The lowest BCUT2D eigenvalue weighted by molar-refractivity contribution is 0.0492. The van der Waals surface area contributed by atoms with Gasteiger partial charge in [0, 0.05) is 6.54 Å². The van der Waals surface area contributed by atoms with Crippen molar-refractivity contribution in [2.45, 2.75) is 59.0 Å². The monoisotopic (exact) mass is 256 g/mol. The van der Waals surface area contributed by atoms with Crippen LogP contribution in [0.4, 0.5) is 4.79 Å². The molecule has 0 heterocycles. The van der Waals surface area contributed by atoms with Crippen molar-refractivity contribution in [3.63, 3.8) is 0 Å². The van der Waals surface area contributed by atoms with Crippen molar-refractivity contribution < 1.29 is 9.53 Å². The zero-order valence-electron chi connectivity index (χ0n) is 12.2. The maximum atomic E-state index is 11.6. The second kappa shape index (κ2) is 5.91. The molecule has 4 heteroatoms. The van der Waals surface area contributed by atoms with Crippen molar-refractivity contribution in [2.24, 2.45) is 17.1 Å². The van der Waals surface area contributed by atoms with E-state index in [0.717, 1.165) is 12.3 Å². The molecule has 1 amide bonds. The van der Waals surface area contributed by atoms with E-state index in [4.69, 9.17) is 10.5 Å². The minimum Gasteiger partial charge on any atom is -0.444 e. The van der Waals surface area contributed by atoms with Gasteiger partial charge in [0.1, 0.15) is 5.60 Å². The number of carbonyl (C=O) groups excluding carboxylic acids is 1. The summed E-state index contributed by atoms with van der Waals surface area (Å²) in [5.41, 5.74) is 5.40. The molecule has 1 unspecified atom stereocenters. The Balaban J connectivity index is 2.35. The molecule has 1 rings (SSSR count). The summed E-state index contributed by atoms with van der Waals surface area (Å²) in [7, 11) is 0. The maximum Gasteiger partial charge on any atom is 0.407 e. The summed E-state index contributed by atoms with van der Waals surface area (Å²) in [6.45, 7) is 8.92. The Morgan fingerprint density at radius 2 is 1.94 bits per heavy atom. The molecule has 0 aromatic carbocycles. The van der Waals surface area contributed by atoms with Gasteiger partial charge in [-0.3, -0.25) is 0 Å². The fraction of sp³-hybridized carbons (Fsp3) is 0.929. The van der Waals surface area contributed by atoms with E-state index in [2.05, 4.69) is 12.2 Å². The average Bonchev–Trinajstić information content (AvgIpc) is 2.19. The van der Waals surface area contributed by atoms with Crippen molar-refractivity contribution in [1.82, 2.24) is 5.32 Å². The first-order chi connectivity index (χ1) is 8.24. The van der Waals surface area contributed by atoms with E-state index >= 15 is 0 Å². The van der Waals surface area contributed by atoms with Crippen LogP contribution in [-0.4, -0.2) is 24.8 Å². The van der Waals surface area contributed by atoms with Gasteiger partial charge in [-0.25, -0.2) is 4.79 Å². The van der Waals surface area contributed by atoms with Gasteiger partial charge in [-0.2, -0.15) is 0 Å². The van der Waals surface area contributed by atoms with E-state index in [-0.39, 0.29) is 11.5 Å². The molecule has 106 valence electrons. The number of amides is 1. The zero-order valence-corrected chi connectivity index (χ0v) is 12.2. The second-order valence-electron chi connectivity index (χ2n) is 6.87. The highest BCUT2D eigenvalue weighted by atomic mass is 16.6. The van der Waals surface area contributed by atoms with Crippen LogP contribution in [0.2, 0.25) is 0 Å². The number of hydrogen-bond donors (Lipinski definition) is 2. The van der Waals surface area contributed by atoms with Crippen molar-refractivity contribution in [2.75, 3.05) is 13.1 Å². The second-order valence-corrected chi connectivity index (χ2v) is 6.87. The van der Waals surface area contributed by atoms with Gasteiger partial charge in [-0.1, -0.05) is 26.2 Å². The van der Waals surface area contributed by atoms with E-state index in [9.17, 15) is 4.79 Å². The maximum absolute atomic E-state index is 11.6. The Hall–Kier alpha value is -0.770. The third-order valence-electron chi connectivity index (χ3n) is 3.56. The molecule has 4 nitrogen and oxygen atoms in total. The van der Waals surface area contributed by atoms with Crippen LogP contribution in [0.5, 0.6) is 0 Å². The Kier molecular flexibility index (Phi) is 5.02. The van der Waals surface area contributed by atoms with Crippen LogP contribution >= 0.6 is 0 Å². The molecule has 1 aliphatic rings. The van der Waals surface area contributed by atoms with Gasteiger partial charge in [0.25, 0.3) is 0 Å². The minimum absolute atomic E-state index is 0.0119. The van der Waals surface area contributed by atoms with Crippen molar-refractivity contribution >= 4 is 6.09 Å². The zero-order chi connectivity index (χ0) is 13.8. The lowest BCUT2D eigenvalue weighted by Crippen LogP contribution is -2.44. The molecule has 0 aromatic heterocycles. The molecule has 3 N–H and O–H groups in total. The number of hydrogen-bond acceptors (Lipinski definition) is 3. The van der Waals surface area contributed by atoms with Gasteiger partial charge in [-0.15, -0.1) is 0 Å². The molecule has 1 atom stereocenters. The standard InChI is InChI=1S/C14H28N2O2/c1-13(2,3)18-12(17)16-10-14(4,9-15)8-11-6-5-7-11/h11H,5-10,15H2,1-4H3,(H,16,17). The number of nitrogens with two attached hydrogens (primary N) is 1. The molecule has 0 bridgehead atoms. The Morgan fingerprint density at radius 3 is 2.33 bits per heavy atom. The van der Waals surface area contributed by atoms with E-state index in [1.165, 1.54) is 19.3 Å². The highest BCUT2D eigenvalue weighted by molar-refractivity contribution is 5.67. The Labute approximate surface area is 111 Å². The van der Waals surface area contributed by atoms with Gasteiger partial charge in [0.15, 0.2) is 0 Å². The van der Waals surface area contributed by atoms with Crippen LogP contribution in [-0.2, 0) is 4.74 Å². The first-order valence-electron chi connectivity index (χ1n) is 6.91. The molecular weight excluding hydrogens is 228 g/mol. The first kappa shape index (κ1) is 15.3. The number of alkyl carbamates (subject to hydrolysis) is 1. The Bertz CT molecular complexity index is 282.